The Morgan fingerprint density at radius 2 is 2.00 bits per heavy atom. The summed E-state index contributed by atoms with van der Waals surface area (Å²) in [7, 11) is 0. The molecule has 0 aromatic rings. The van der Waals surface area contributed by atoms with Gasteiger partial charge in [-0.15, -0.1) is 12.3 Å². The zero-order valence-corrected chi connectivity index (χ0v) is 6.95. The maximum Gasteiger partial charge on any atom is 0.0799 e. The van der Waals surface area contributed by atoms with E-state index in [9.17, 15) is 5.11 Å². The summed E-state index contributed by atoms with van der Waals surface area (Å²) < 4.78 is 0. The van der Waals surface area contributed by atoms with Crippen molar-refractivity contribution in [1.82, 2.24) is 0 Å². The van der Waals surface area contributed by atoms with E-state index in [-0.39, 0.29) is 0 Å². The van der Waals surface area contributed by atoms with Crippen molar-refractivity contribution >= 4 is 0 Å². The second-order valence-electron chi connectivity index (χ2n) is 2.64. The fraction of sp³-hybridized carbons (Fsp3) is 0.778. The molecule has 0 heterocycles. The van der Waals surface area contributed by atoms with Crippen LogP contribution in [0.15, 0.2) is 0 Å². The average Bonchev–Trinajstić information content (AvgIpc) is 2.03. The van der Waals surface area contributed by atoms with Gasteiger partial charge in [0.1, 0.15) is 0 Å². The standard InChI is InChI=1S/C9H16O2/c1-3-5-6-7-9(11)8(10)4-2/h1,8-11H,4-7H2,2H3. The lowest BCUT2D eigenvalue weighted by molar-refractivity contribution is 0.0120. The van der Waals surface area contributed by atoms with Crippen LogP contribution in [0.1, 0.15) is 32.6 Å². The molecule has 2 unspecified atom stereocenters. The predicted octanol–water partition coefficient (Wildman–Crippen LogP) is 0.922. The van der Waals surface area contributed by atoms with E-state index in [4.69, 9.17) is 11.5 Å². The minimum Gasteiger partial charge on any atom is -0.390 e. The molecule has 0 aliphatic carbocycles. The smallest absolute Gasteiger partial charge is 0.0799 e. The van der Waals surface area contributed by atoms with Crippen LogP contribution in [-0.4, -0.2) is 22.4 Å². The lowest BCUT2D eigenvalue weighted by Crippen LogP contribution is -2.24. The largest absolute Gasteiger partial charge is 0.390 e. The number of unbranched alkanes of at least 4 members (excludes halogenated alkanes) is 1. The number of aliphatic hydroxyl groups is 2. The normalized spacial score (nSPS) is 15.5. The zero-order chi connectivity index (χ0) is 8.69. The maximum absolute atomic E-state index is 9.23. The highest BCUT2D eigenvalue weighted by Gasteiger charge is 2.12. The highest BCUT2D eigenvalue weighted by Crippen LogP contribution is 2.06. The molecule has 2 heteroatoms. The summed E-state index contributed by atoms with van der Waals surface area (Å²) in [5.74, 6) is 2.49. The van der Waals surface area contributed by atoms with Gasteiger partial charge < -0.3 is 10.2 Å². The molecular weight excluding hydrogens is 140 g/mol. The van der Waals surface area contributed by atoms with E-state index in [1.807, 2.05) is 6.92 Å². The molecule has 0 amide bonds. The van der Waals surface area contributed by atoms with Crippen LogP contribution in [-0.2, 0) is 0 Å². The van der Waals surface area contributed by atoms with Gasteiger partial charge in [-0.3, -0.25) is 0 Å². The SMILES string of the molecule is C#CCCCC(O)C(O)CC. The third kappa shape index (κ3) is 4.83. The number of terminal acetylenes is 1. The van der Waals surface area contributed by atoms with Crippen LogP contribution in [0.25, 0.3) is 0 Å². The molecular formula is C9H16O2. The van der Waals surface area contributed by atoms with Crippen LogP contribution >= 0.6 is 0 Å². The third-order valence-corrected chi connectivity index (χ3v) is 1.68. The van der Waals surface area contributed by atoms with Crippen molar-refractivity contribution < 1.29 is 10.2 Å². The van der Waals surface area contributed by atoms with E-state index in [1.165, 1.54) is 0 Å². The van der Waals surface area contributed by atoms with Crippen LogP contribution in [0, 0.1) is 12.3 Å². The number of rotatable bonds is 5. The minimum atomic E-state index is -0.603. The zero-order valence-electron chi connectivity index (χ0n) is 6.95. The number of aliphatic hydroxyl groups excluding tert-OH is 2. The first kappa shape index (κ1) is 10.5. The highest BCUT2D eigenvalue weighted by molar-refractivity contribution is 4.83. The third-order valence-electron chi connectivity index (χ3n) is 1.68. The molecule has 0 aromatic carbocycles. The van der Waals surface area contributed by atoms with E-state index < -0.39 is 12.2 Å². The van der Waals surface area contributed by atoms with Gasteiger partial charge >= 0.3 is 0 Å². The van der Waals surface area contributed by atoms with Gasteiger partial charge in [0, 0.05) is 6.42 Å². The Morgan fingerprint density at radius 1 is 1.36 bits per heavy atom. The van der Waals surface area contributed by atoms with Crippen LogP contribution in [0.3, 0.4) is 0 Å². The first-order chi connectivity index (χ1) is 5.22. The molecule has 0 saturated carbocycles. The van der Waals surface area contributed by atoms with Crippen molar-refractivity contribution in [3.63, 3.8) is 0 Å². The van der Waals surface area contributed by atoms with Crippen molar-refractivity contribution in [3.8, 4) is 12.3 Å². The molecule has 2 nitrogen and oxygen atoms in total. The van der Waals surface area contributed by atoms with Crippen molar-refractivity contribution in [2.75, 3.05) is 0 Å². The Balaban J connectivity index is 3.37. The topological polar surface area (TPSA) is 40.5 Å². The Labute approximate surface area is 68.2 Å². The second kappa shape index (κ2) is 6.21. The number of hydrogen-bond donors (Lipinski definition) is 2. The van der Waals surface area contributed by atoms with Gasteiger partial charge in [-0.25, -0.2) is 0 Å². The van der Waals surface area contributed by atoms with Crippen LogP contribution in [0.2, 0.25) is 0 Å². The molecule has 0 saturated heterocycles. The summed E-state index contributed by atoms with van der Waals surface area (Å²) >= 11 is 0. The summed E-state index contributed by atoms with van der Waals surface area (Å²) in [6.45, 7) is 1.84. The van der Waals surface area contributed by atoms with Gasteiger partial charge in [0.2, 0.25) is 0 Å². The summed E-state index contributed by atoms with van der Waals surface area (Å²) in [5.41, 5.74) is 0. The predicted molar refractivity (Wildman–Crippen MR) is 45.0 cm³/mol. The van der Waals surface area contributed by atoms with Gasteiger partial charge in [0.15, 0.2) is 0 Å². The fourth-order valence-corrected chi connectivity index (χ4v) is 0.878. The van der Waals surface area contributed by atoms with Crippen molar-refractivity contribution in [2.24, 2.45) is 0 Å². The van der Waals surface area contributed by atoms with Crippen molar-refractivity contribution in [2.45, 2.75) is 44.8 Å². The van der Waals surface area contributed by atoms with E-state index in [0.29, 0.717) is 19.3 Å². The second-order valence-corrected chi connectivity index (χ2v) is 2.64. The van der Waals surface area contributed by atoms with Gasteiger partial charge in [-0.2, -0.15) is 0 Å². The number of hydrogen-bond acceptors (Lipinski definition) is 2. The monoisotopic (exact) mass is 156 g/mol. The van der Waals surface area contributed by atoms with Gasteiger partial charge in [-0.05, 0) is 19.3 Å². The maximum atomic E-state index is 9.23. The Hall–Kier alpha value is -0.520. The molecule has 0 rings (SSSR count). The molecule has 0 bridgehead atoms. The van der Waals surface area contributed by atoms with Gasteiger partial charge in [0.05, 0.1) is 12.2 Å². The molecule has 0 fully saturated rings. The minimum absolute atomic E-state index is 0.590. The van der Waals surface area contributed by atoms with Gasteiger partial charge in [-0.1, -0.05) is 6.92 Å². The molecule has 0 radical (unpaired) electrons. The molecule has 2 N–H and O–H groups in total. The lowest BCUT2D eigenvalue weighted by Gasteiger charge is -2.14. The molecule has 11 heavy (non-hydrogen) atoms. The Bertz CT molecular complexity index is 126. The van der Waals surface area contributed by atoms with E-state index in [2.05, 4.69) is 5.92 Å². The summed E-state index contributed by atoms with van der Waals surface area (Å²) in [6.07, 6.45) is 6.49. The van der Waals surface area contributed by atoms with Crippen LogP contribution < -0.4 is 0 Å². The van der Waals surface area contributed by atoms with Crippen LogP contribution in [0.5, 0.6) is 0 Å². The molecule has 0 aromatic heterocycles. The molecule has 64 valence electrons. The van der Waals surface area contributed by atoms with E-state index in [0.717, 1.165) is 6.42 Å². The quantitative estimate of drug-likeness (QED) is 0.459. The summed E-state index contributed by atoms with van der Waals surface area (Å²) in [4.78, 5) is 0. The fourth-order valence-electron chi connectivity index (χ4n) is 0.878. The summed E-state index contributed by atoms with van der Waals surface area (Å²) in [5, 5.41) is 18.3. The Morgan fingerprint density at radius 3 is 2.45 bits per heavy atom. The molecule has 2 atom stereocenters. The van der Waals surface area contributed by atoms with Crippen molar-refractivity contribution in [1.29, 1.82) is 0 Å². The van der Waals surface area contributed by atoms with Gasteiger partial charge in [0.25, 0.3) is 0 Å². The highest BCUT2D eigenvalue weighted by atomic mass is 16.3. The molecule has 0 aliphatic heterocycles. The molecule has 0 spiro atoms. The lowest BCUT2D eigenvalue weighted by atomic mass is 10.1. The summed E-state index contributed by atoms with van der Waals surface area (Å²) in [6, 6.07) is 0. The van der Waals surface area contributed by atoms with E-state index in [1.54, 1.807) is 0 Å². The first-order valence-electron chi connectivity index (χ1n) is 4.02. The first-order valence-corrected chi connectivity index (χ1v) is 4.02. The Kier molecular flexibility index (Phi) is 5.91. The molecule has 0 aliphatic rings. The average molecular weight is 156 g/mol. The van der Waals surface area contributed by atoms with Crippen LogP contribution in [0.4, 0.5) is 0 Å². The van der Waals surface area contributed by atoms with Crippen molar-refractivity contribution in [3.05, 3.63) is 0 Å². The van der Waals surface area contributed by atoms with E-state index >= 15 is 0 Å².